The summed E-state index contributed by atoms with van der Waals surface area (Å²) in [5.41, 5.74) is -0.855. The maximum Gasteiger partial charge on any atom is 0.311 e. The fourth-order valence-corrected chi connectivity index (χ4v) is 3.80. The van der Waals surface area contributed by atoms with Gasteiger partial charge < -0.3 is 14.9 Å². The summed E-state index contributed by atoms with van der Waals surface area (Å²) in [6.45, 7) is 7.11. The second-order valence-corrected chi connectivity index (χ2v) is 7.12. The number of rotatable bonds is 5. The quantitative estimate of drug-likeness (QED) is 0.835. The van der Waals surface area contributed by atoms with Gasteiger partial charge in [0.15, 0.2) is 0 Å². The number of carboxylic acids is 1. The molecule has 23 heavy (non-hydrogen) atoms. The van der Waals surface area contributed by atoms with Crippen LogP contribution in [-0.4, -0.2) is 58.4 Å². The van der Waals surface area contributed by atoms with Gasteiger partial charge in [0, 0.05) is 26.1 Å². The second-order valence-electron chi connectivity index (χ2n) is 7.12. The topological polar surface area (TPSA) is 77.9 Å². The average Bonchev–Trinajstić information content (AvgIpc) is 3.14. The Bertz CT molecular complexity index is 491. The molecule has 0 bridgehead atoms. The van der Waals surface area contributed by atoms with Crippen LogP contribution in [-0.2, 0) is 14.4 Å². The van der Waals surface area contributed by atoms with Gasteiger partial charge in [-0.3, -0.25) is 14.4 Å². The summed E-state index contributed by atoms with van der Waals surface area (Å²) in [5.74, 6) is -0.890. The molecule has 2 aliphatic rings. The molecule has 2 rings (SSSR count). The Morgan fingerprint density at radius 3 is 2.48 bits per heavy atom. The highest BCUT2D eigenvalue weighted by atomic mass is 16.4. The van der Waals surface area contributed by atoms with Crippen molar-refractivity contribution in [2.75, 3.05) is 19.6 Å². The SMILES string of the molecule is CCCC(=O)N1CCCC1C(=O)N1CCC(C(=O)O)(C(C)C)C1. The number of amides is 2. The number of hydrogen-bond acceptors (Lipinski definition) is 3. The van der Waals surface area contributed by atoms with Crippen LogP contribution >= 0.6 is 0 Å². The molecule has 0 aliphatic carbocycles. The van der Waals surface area contributed by atoms with Crippen LogP contribution in [0.2, 0.25) is 0 Å². The van der Waals surface area contributed by atoms with E-state index in [0.717, 1.165) is 12.8 Å². The zero-order chi connectivity index (χ0) is 17.2. The van der Waals surface area contributed by atoms with Gasteiger partial charge in [-0.1, -0.05) is 20.8 Å². The third-order valence-electron chi connectivity index (χ3n) is 5.47. The van der Waals surface area contributed by atoms with E-state index in [0.29, 0.717) is 32.4 Å². The van der Waals surface area contributed by atoms with Crippen LogP contribution < -0.4 is 0 Å². The molecule has 6 heteroatoms. The molecule has 2 atom stereocenters. The van der Waals surface area contributed by atoms with Crippen LogP contribution in [0.25, 0.3) is 0 Å². The smallest absolute Gasteiger partial charge is 0.311 e. The van der Waals surface area contributed by atoms with E-state index in [-0.39, 0.29) is 24.3 Å². The molecule has 0 radical (unpaired) electrons. The summed E-state index contributed by atoms with van der Waals surface area (Å²) in [6.07, 6.45) is 3.26. The molecule has 2 fully saturated rings. The van der Waals surface area contributed by atoms with Gasteiger partial charge in [0.25, 0.3) is 0 Å². The molecule has 0 aromatic carbocycles. The van der Waals surface area contributed by atoms with E-state index >= 15 is 0 Å². The Balaban J connectivity index is 2.09. The number of carbonyl (C=O) groups is 3. The van der Waals surface area contributed by atoms with Gasteiger partial charge in [0.05, 0.1) is 5.41 Å². The van der Waals surface area contributed by atoms with Crippen LogP contribution in [0.5, 0.6) is 0 Å². The number of likely N-dealkylation sites (tertiary alicyclic amines) is 2. The second kappa shape index (κ2) is 6.89. The van der Waals surface area contributed by atoms with Gasteiger partial charge in [-0.25, -0.2) is 0 Å². The van der Waals surface area contributed by atoms with E-state index in [1.165, 1.54) is 0 Å². The van der Waals surface area contributed by atoms with Crippen molar-refractivity contribution in [1.29, 1.82) is 0 Å². The minimum Gasteiger partial charge on any atom is -0.481 e. The Kier molecular flexibility index (Phi) is 5.32. The van der Waals surface area contributed by atoms with Crippen molar-refractivity contribution in [3.8, 4) is 0 Å². The summed E-state index contributed by atoms with van der Waals surface area (Å²) in [5, 5.41) is 9.61. The predicted octanol–water partition coefficient (Wildman–Crippen LogP) is 1.74. The summed E-state index contributed by atoms with van der Waals surface area (Å²) < 4.78 is 0. The monoisotopic (exact) mass is 324 g/mol. The van der Waals surface area contributed by atoms with Gasteiger partial charge in [-0.2, -0.15) is 0 Å². The van der Waals surface area contributed by atoms with Gasteiger partial charge in [0.2, 0.25) is 11.8 Å². The van der Waals surface area contributed by atoms with Crippen LogP contribution in [0, 0.1) is 11.3 Å². The fourth-order valence-electron chi connectivity index (χ4n) is 3.80. The standard InChI is InChI=1S/C17H28N2O4/c1-4-6-14(20)19-9-5-7-13(19)15(21)18-10-8-17(11-18,12(2)3)16(22)23/h12-13H,4-11H2,1-3H3,(H,22,23). The van der Waals surface area contributed by atoms with E-state index in [9.17, 15) is 19.5 Å². The summed E-state index contributed by atoms with van der Waals surface area (Å²) in [4.78, 5) is 40.1. The first kappa shape index (κ1) is 17.8. The van der Waals surface area contributed by atoms with Crippen LogP contribution in [0.3, 0.4) is 0 Å². The van der Waals surface area contributed by atoms with Crippen LogP contribution in [0.4, 0.5) is 0 Å². The number of hydrogen-bond donors (Lipinski definition) is 1. The van der Waals surface area contributed by atoms with Crippen molar-refractivity contribution >= 4 is 17.8 Å². The Morgan fingerprint density at radius 2 is 1.96 bits per heavy atom. The largest absolute Gasteiger partial charge is 0.481 e. The van der Waals surface area contributed by atoms with Crippen molar-refractivity contribution in [3.05, 3.63) is 0 Å². The normalized spacial score (nSPS) is 27.7. The molecule has 1 N–H and O–H groups in total. The molecule has 2 amide bonds. The lowest BCUT2D eigenvalue weighted by atomic mass is 9.76. The van der Waals surface area contributed by atoms with E-state index in [1.54, 1.807) is 9.80 Å². The van der Waals surface area contributed by atoms with E-state index < -0.39 is 17.4 Å². The maximum atomic E-state index is 12.8. The Labute approximate surface area is 137 Å². The summed E-state index contributed by atoms with van der Waals surface area (Å²) in [6, 6.07) is -0.397. The number of carbonyl (C=O) groups excluding carboxylic acids is 2. The Morgan fingerprint density at radius 1 is 1.26 bits per heavy atom. The number of aliphatic carboxylic acids is 1. The molecule has 0 saturated carbocycles. The van der Waals surface area contributed by atoms with Crippen molar-refractivity contribution in [1.82, 2.24) is 9.80 Å². The van der Waals surface area contributed by atoms with E-state index in [2.05, 4.69) is 0 Å². The molecule has 2 saturated heterocycles. The lowest BCUT2D eigenvalue weighted by molar-refractivity contribution is -0.152. The third kappa shape index (κ3) is 3.21. The first-order chi connectivity index (χ1) is 10.8. The van der Waals surface area contributed by atoms with E-state index in [4.69, 9.17) is 0 Å². The minimum absolute atomic E-state index is 0.0285. The molecule has 0 aromatic rings. The molecule has 2 aliphatic heterocycles. The first-order valence-electron chi connectivity index (χ1n) is 8.65. The van der Waals surface area contributed by atoms with Gasteiger partial charge >= 0.3 is 5.97 Å². The zero-order valence-corrected chi connectivity index (χ0v) is 14.4. The fraction of sp³-hybridized carbons (Fsp3) is 0.824. The third-order valence-corrected chi connectivity index (χ3v) is 5.47. The highest BCUT2D eigenvalue weighted by molar-refractivity contribution is 5.89. The van der Waals surface area contributed by atoms with Gasteiger partial charge in [0.1, 0.15) is 6.04 Å². The molecule has 2 unspecified atom stereocenters. The number of nitrogens with zero attached hydrogens (tertiary/aromatic N) is 2. The summed E-state index contributed by atoms with van der Waals surface area (Å²) in [7, 11) is 0. The van der Waals surface area contributed by atoms with Gasteiger partial charge in [-0.05, 0) is 31.6 Å². The highest BCUT2D eigenvalue weighted by Gasteiger charge is 2.50. The molecule has 0 aromatic heterocycles. The van der Waals surface area contributed by atoms with Crippen molar-refractivity contribution < 1.29 is 19.5 Å². The lowest BCUT2D eigenvalue weighted by Gasteiger charge is -2.31. The zero-order valence-electron chi connectivity index (χ0n) is 14.4. The predicted molar refractivity (Wildman–Crippen MR) is 85.7 cm³/mol. The molecule has 130 valence electrons. The molecular formula is C17H28N2O4. The maximum absolute atomic E-state index is 12.8. The van der Waals surface area contributed by atoms with Gasteiger partial charge in [-0.15, -0.1) is 0 Å². The van der Waals surface area contributed by atoms with Crippen molar-refractivity contribution in [2.45, 2.75) is 58.9 Å². The Hall–Kier alpha value is -1.59. The molecular weight excluding hydrogens is 296 g/mol. The number of carboxylic acid groups (broad SMARTS) is 1. The first-order valence-corrected chi connectivity index (χ1v) is 8.65. The van der Waals surface area contributed by atoms with Crippen molar-refractivity contribution in [2.24, 2.45) is 11.3 Å². The van der Waals surface area contributed by atoms with Crippen LogP contribution in [0.15, 0.2) is 0 Å². The molecule has 0 spiro atoms. The minimum atomic E-state index is -0.855. The lowest BCUT2D eigenvalue weighted by Crippen LogP contribution is -2.48. The molecule has 2 heterocycles. The molecule has 6 nitrogen and oxygen atoms in total. The van der Waals surface area contributed by atoms with Crippen molar-refractivity contribution in [3.63, 3.8) is 0 Å². The van der Waals surface area contributed by atoms with Crippen LogP contribution in [0.1, 0.15) is 52.9 Å². The average molecular weight is 324 g/mol. The highest BCUT2D eigenvalue weighted by Crippen LogP contribution is 2.39. The summed E-state index contributed by atoms with van der Waals surface area (Å²) >= 11 is 0. The van der Waals surface area contributed by atoms with E-state index in [1.807, 2.05) is 20.8 Å².